The second-order valence-electron chi connectivity index (χ2n) is 5.57. The van der Waals surface area contributed by atoms with Gasteiger partial charge in [0.2, 0.25) is 0 Å². The standard InChI is InChI=1S/C14H20ClNO3/c1-14(2,3)12(6-7-17)16-11-8-9(15)4-5-10(11)13(18)19/h4-5,8,12,16-17H,6-7H2,1-3H3,(H,18,19). The largest absolute Gasteiger partial charge is 0.478 e. The lowest BCUT2D eigenvalue weighted by atomic mass is 9.84. The van der Waals surface area contributed by atoms with Crippen LogP contribution in [0, 0.1) is 5.41 Å². The zero-order chi connectivity index (χ0) is 14.6. The zero-order valence-corrected chi connectivity index (χ0v) is 12.2. The van der Waals surface area contributed by atoms with Crippen molar-refractivity contribution in [1.82, 2.24) is 0 Å². The van der Waals surface area contributed by atoms with Crippen molar-refractivity contribution in [3.8, 4) is 0 Å². The van der Waals surface area contributed by atoms with Crippen LogP contribution in [0.5, 0.6) is 0 Å². The van der Waals surface area contributed by atoms with E-state index in [0.29, 0.717) is 17.1 Å². The van der Waals surface area contributed by atoms with Crippen LogP contribution >= 0.6 is 11.6 Å². The normalized spacial score (nSPS) is 13.1. The van der Waals surface area contributed by atoms with E-state index in [9.17, 15) is 4.79 Å². The Kier molecular flexibility index (Phi) is 5.20. The van der Waals surface area contributed by atoms with Crippen LogP contribution in [-0.2, 0) is 0 Å². The number of aliphatic hydroxyl groups excluding tert-OH is 1. The first-order chi connectivity index (χ1) is 8.75. The van der Waals surface area contributed by atoms with Gasteiger partial charge in [-0.1, -0.05) is 32.4 Å². The molecule has 1 atom stereocenters. The molecule has 0 aromatic heterocycles. The van der Waals surface area contributed by atoms with E-state index in [1.165, 1.54) is 6.07 Å². The molecule has 106 valence electrons. The van der Waals surface area contributed by atoms with Crippen LogP contribution in [0.2, 0.25) is 5.02 Å². The summed E-state index contributed by atoms with van der Waals surface area (Å²) < 4.78 is 0. The average molecular weight is 286 g/mol. The molecule has 1 rings (SSSR count). The first-order valence-corrected chi connectivity index (χ1v) is 6.53. The molecule has 1 aromatic carbocycles. The van der Waals surface area contributed by atoms with Crippen LogP contribution in [0.1, 0.15) is 37.6 Å². The van der Waals surface area contributed by atoms with Gasteiger partial charge in [-0.15, -0.1) is 0 Å². The minimum atomic E-state index is -1.00. The van der Waals surface area contributed by atoms with Gasteiger partial charge >= 0.3 is 5.97 Å². The van der Waals surface area contributed by atoms with Crippen LogP contribution in [0.4, 0.5) is 5.69 Å². The average Bonchev–Trinajstić information content (AvgIpc) is 2.26. The molecular weight excluding hydrogens is 266 g/mol. The molecule has 0 bridgehead atoms. The van der Waals surface area contributed by atoms with Crippen LogP contribution in [-0.4, -0.2) is 28.8 Å². The molecule has 0 heterocycles. The first-order valence-electron chi connectivity index (χ1n) is 6.16. The lowest BCUT2D eigenvalue weighted by molar-refractivity contribution is 0.0697. The summed E-state index contributed by atoms with van der Waals surface area (Å²) in [6, 6.07) is 4.58. The number of hydrogen-bond donors (Lipinski definition) is 3. The molecule has 0 aliphatic heterocycles. The van der Waals surface area contributed by atoms with Gasteiger partial charge < -0.3 is 15.5 Å². The molecule has 1 aromatic rings. The van der Waals surface area contributed by atoms with Gasteiger partial charge in [0.25, 0.3) is 0 Å². The highest BCUT2D eigenvalue weighted by Crippen LogP contribution is 2.28. The van der Waals surface area contributed by atoms with Crippen LogP contribution in [0.3, 0.4) is 0 Å². The molecule has 0 saturated heterocycles. The van der Waals surface area contributed by atoms with E-state index < -0.39 is 5.97 Å². The number of nitrogens with one attached hydrogen (secondary N) is 1. The van der Waals surface area contributed by atoms with E-state index >= 15 is 0 Å². The van der Waals surface area contributed by atoms with Gasteiger partial charge in [-0.25, -0.2) is 4.79 Å². The molecule has 0 spiro atoms. The van der Waals surface area contributed by atoms with Gasteiger partial charge in [-0.2, -0.15) is 0 Å². The summed E-state index contributed by atoms with van der Waals surface area (Å²) in [5.74, 6) is -1.00. The Bertz CT molecular complexity index is 454. The van der Waals surface area contributed by atoms with E-state index in [4.69, 9.17) is 21.8 Å². The van der Waals surface area contributed by atoms with E-state index in [-0.39, 0.29) is 23.6 Å². The van der Waals surface area contributed by atoms with Crippen LogP contribution in [0.25, 0.3) is 0 Å². The number of carbonyl (C=O) groups is 1. The number of benzene rings is 1. The number of aliphatic hydroxyl groups is 1. The topological polar surface area (TPSA) is 69.6 Å². The van der Waals surface area contributed by atoms with Crippen molar-refractivity contribution in [2.45, 2.75) is 33.2 Å². The summed E-state index contributed by atoms with van der Waals surface area (Å²) in [6.45, 7) is 6.14. The van der Waals surface area contributed by atoms with Gasteiger partial charge in [-0.05, 0) is 30.0 Å². The van der Waals surface area contributed by atoms with Gasteiger partial charge in [0.05, 0.1) is 11.3 Å². The van der Waals surface area contributed by atoms with Crippen LogP contribution < -0.4 is 5.32 Å². The molecule has 0 saturated carbocycles. The lowest BCUT2D eigenvalue weighted by Gasteiger charge is -2.32. The molecule has 0 fully saturated rings. The van der Waals surface area contributed by atoms with Crippen molar-refractivity contribution in [3.63, 3.8) is 0 Å². The number of aromatic carboxylic acids is 1. The third-order valence-corrected chi connectivity index (χ3v) is 3.24. The Labute approximate surface area is 118 Å². The molecule has 3 N–H and O–H groups in total. The van der Waals surface area contributed by atoms with Crippen molar-refractivity contribution in [2.24, 2.45) is 5.41 Å². The molecule has 4 nitrogen and oxygen atoms in total. The van der Waals surface area contributed by atoms with Crippen molar-refractivity contribution in [3.05, 3.63) is 28.8 Å². The fraction of sp³-hybridized carbons (Fsp3) is 0.500. The highest BCUT2D eigenvalue weighted by atomic mass is 35.5. The number of rotatable bonds is 5. The summed E-state index contributed by atoms with van der Waals surface area (Å²) in [5.41, 5.74) is 0.547. The Morgan fingerprint density at radius 1 is 1.42 bits per heavy atom. The molecule has 0 radical (unpaired) electrons. The molecule has 0 amide bonds. The third-order valence-electron chi connectivity index (χ3n) is 3.00. The van der Waals surface area contributed by atoms with Crippen molar-refractivity contribution < 1.29 is 15.0 Å². The van der Waals surface area contributed by atoms with Gasteiger partial charge in [0, 0.05) is 17.7 Å². The second-order valence-corrected chi connectivity index (χ2v) is 6.01. The minimum absolute atomic E-state index is 0.0396. The Morgan fingerprint density at radius 3 is 2.53 bits per heavy atom. The van der Waals surface area contributed by atoms with Gasteiger partial charge in [0.1, 0.15) is 0 Å². The Morgan fingerprint density at radius 2 is 2.05 bits per heavy atom. The van der Waals surface area contributed by atoms with E-state index in [0.717, 1.165) is 0 Å². The number of hydrogen-bond acceptors (Lipinski definition) is 3. The van der Waals surface area contributed by atoms with E-state index in [1.54, 1.807) is 12.1 Å². The SMILES string of the molecule is CC(C)(C)C(CCO)Nc1cc(Cl)ccc1C(=O)O. The highest BCUT2D eigenvalue weighted by molar-refractivity contribution is 6.31. The van der Waals surface area contributed by atoms with Crippen molar-refractivity contribution >= 4 is 23.3 Å². The number of carboxylic acids is 1. The van der Waals surface area contributed by atoms with E-state index in [2.05, 4.69) is 5.32 Å². The maximum Gasteiger partial charge on any atom is 0.337 e. The summed E-state index contributed by atoms with van der Waals surface area (Å²) in [5, 5.41) is 22.0. The molecule has 0 aliphatic rings. The smallest absolute Gasteiger partial charge is 0.337 e. The summed E-state index contributed by atoms with van der Waals surface area (Å²) in [6.07, 6.45) is 0.537. The fourth-order valence-corrected chi connectivity index (χ4v) is 2.03. The second kappa shape index (κ2) is 6.26. The number of carboxylic acid groups (broad SMARTS) is 1. The summed E-state index contributed by atoms with van der Waals surface area (Å²) in [7, 11) is 0. The van der Waals surface area contributed by atoms with Crippen molar-refractivity contribution in [1.29, 1.82) is 0 Å². The van der Waals surface area contributed by atoms with Crippen LogP contribution in [0.15, 0.2) is 18.2 Å². The number of anilines is 1. The lowest BCUT2D eigenvalue weighted by Crippen LogP contribution is -2.35. The molecule has 1 unspecified atom stereocenters. The van der Waals surface area contributed by atoms with Gasteiger partial charge in [0.15, 0.2) is 0 Å². The summed E-state index contributed by atoms with van der Waals surface area (Å²) in [4.78, 5) is 11.2. The number of halogens is 1. The Hall–Kier alpha value is -1.26. The minimum Gasteiger partial charge on any atom is -0.478 e. The molecule has 0 aliphatic carbocycles. The highest BCUT2D eigenvalue weighted by Gasteiger charge is 2.25. The monoisotopic (exact) mass is 285 g/mol. The Balaban J connectivity index is 3.08. The molecule has 5 heteroatoms. The molecular formula is C14H20ClNO3. The van der Waals surface area contributed by atoms with Gasteiger partial charge in [-0.3, -0.25) is 0 Å². The first kappa shape index (κ1) is 15.8. The fourth-order valence-electron chi connectivity index (χ4n) is 1.86. The van der Waals surface area contributed by atoms with E-state index in [1.807, 2.05) is 20.8 Å². The zero-order valence-electron chi connectivity index (χ0n) is 11.4. The quantitative estimate of drug-likeness (QED) is 0.777. The maximum atomic E-state index is 11.2. The predicted molar refractivity (Wildman–Crippen MR) is 77.0 cm³/mol. The summed E-state index contributed by atoms with van der Waals surface area (Å²) >= 11 is 5.91. The molecule has 19 heavy (non-hydrogen) atoms. The third kappa shape index (κ3) is 4.40. The predicted octanol–water partition coefficient (Wildman–Crippen LogP) is 3.25. The van der Waals surface area contributed by atoms with Crippen molar-refractivity contribution in [2.75, 3.05) is 11.9 Å². The maximum absolute atomic E-state index is 11.2.